The molecule has 3 N–H and O–H groups in total. The first kappa shape index (κ1) is 20.5. The summed E-state index contributed by atoms with van der Waals surface area (Å²) in [6, 6.07) is 7.85. The topological polar surface area (TPSA) is 141 Å². The summed E-state index contributed by atoms with van der Waals surface area (Å²) in [5, 5.41) is 34.4. The van der Waals surface area contributed by atoms with Gasteiger partial charge in [-0.2, -0.15) is 10.1 Å². The van der Waals surface area contributed by atoms with Crippen LogP contribution in [0.2, 0.25) is 0 Å². The molecule has 11 nitrogen and oxygen atoms in total. The Hall–Kier alpha value is -3.38. The zero-order valence-electron chi connectivity index (χ0n) is 17.2. The minimum atomic E-state index is -1.06. The van der Waals surface area contributed by atoms with Crippen LogP contribution in [0.3, 0.4) is 0 Å². The first-order chi connectivity index (χ1) is 15.5. The van der Waals surface area contributed by atoms with Crippen molar-refractivity contribution in [3.8, 4) is 17.0 Å². The van der Waals surface area contributed by atoms with E-state index in [9.17, 15) is 15.3 Å². The lowest BCUT2D eigenvalue weighted by Gasteiger charge is -2.22. The van der Waals surface area contributed by atoms with Crippen molar-refractivity contribution in [3.63, 3.8) is 0 Å². The van der Waals surface area contributed by atoms with Gasteiger partial charge in [-0.3, -0.25) is 9.25 Å². The highest BCUT2D eigenvalue weighted by Crippen LogP contribution is 2.34. The average Bonchev–Trinajstić information content (AvgIpc) is 3.50. The lowest BCUT2D eigenvalue weighted by atomic mass is 10.1. The van der Waals surface area contributed by atoms with E-state index >= 15 is 0 Å². The van der Waals surface area contributed by atoms with Crippen LogP contribution in [0.15, 0.2) is 49.3 Å². The highest BCUT2D eigenvalue weighted by molar-refractivity contribution is 5.75. The number of aromatic hydroxyl groups is 1. The van der Waals surface area contributed by atoms with Crippen molar-refractivity contribution in [1.29, 1.82) is 0 Å². The SMILES string of the molecule is Cn1cc(-c2ccc(COC3C(O)[C@@H](CO)O[C@H]3n3cnc4c(O)ncnc43)cc2)cn1. The summed E-state index contributed by atoms with van der Waals surface area (Å²) in [5.41, 5.74) is 3.51. The van der Waals surface area contributed by atoms with E-state index in [2.05, 4.69) is 20.1 Å². The van der Waals surface area contributed by atoms with Crippen molar-refractivity contribution in [2.75, 3.05) is 6.61 Å². The van der Waals surface area contributed by atoms with Gasteiger partial charge in [-0.05, 0) is 11.1 Å². The maximum Gasteiger partial charge on any atom is 0.242 e. The number of aromatic nitrogens is 6. The second-order valence-electron chi connectivity index (χ2n) is 7.63. The molecular formula is C21H22N6O5. The fraction of sp³-hybridized carbons (Fsp3) is 0.333. The van der Waals surface area contributed by atoms with Gasteiger partial charge in [-0.25, -0.2) is 9.97 Å². The molecule has 32 heavy (non-hydrogen) atoms. The Kier molecular flexibility index (Phi) is 5.31. The molecule has 1 aliphatic rings. The second kappa shape index (κ2) is 8.28. The molecule has 0 aliphatic carbocycles. The summed E-state index contributed by atoms with van der Waals surface area (Å²) >= 11 is 0. The third-order valence-electron chi connectivity index (χ3n) is 5.54. The molecule has 4 atom stereocenters. The molecule has 0 radical (unpaired) electrons. The third-order valence-corrected chi connectivity index (χ3v) is 5.54. The number of aryl methyl sites for hydroxylation is 1. The third kappa shape index (κ3) is 3.60. The Balaban J connectivity index is 1.36. The van der Waals surface area contributed by atoms with E-state index in [1.807, 2.05) is 37.5 Å². The summed E-state index contributed by atoms with van der Waals surface area (Å²) in [4.78, 5) is 12.0. The molecule has 11 heteroatoms. The van der Waals surface area contributed by atoms with Crippen molar-refractivity contribution >= 4 is 11.2 Å². The van der Waals surface area contributed by atoms with Gasteiger partial charge >= 0.3 is 0 Å². The van der Waals surface area contributed by atoms with Gasteiger partial charge in [0.1, 0.15) is 24.6 Å². The highest BCUT2D eigenvalue weighted by Gasteiger charge is 2.46. The molecular weight excluding hydrogens is 416 g/mol. The van der Waals surface area contributed by atoms with E-state index in [0.29, 0.717) is 5.65 Å². The second-order valence-corrected chi connectivity index (χ2v) is 7.63. The van der Waals surface area contributed by atoms with Gasteiger partial charge in [0.05, 0.1) is 25.7 Å². The number of aliphatic hydroxyl groups excluding tert-OH is 2. The number of hydrogen-bond donors (Lipinski definition) is 3. The van der Waals surface area contributed by atoms with Crippen LogP contribution in [0.1, 0.15) is 11.8 Å². The van der Waals surface area contributed by atoms with Crippen molar-refractivity contribution in [1.82, 2.24) is 29.3 Å². The number of nitrogens with zero attached hydrogens (tertiary/aromatic N) is 6. The van der Waals surface area contributed by atoms with Crippen LogP contribution in [-0.2, 0) is 23.1 Å². The van der Waals surface area contributed by atoms with Crippen molar-refractivity contribution < 1.29 is 24.8 Å². The number of ether oxygens (including phenoxy) is 2. The van der Waals surface area contributed by atoms with Gasteiger partial charge in [0.2, 0.25) is 5.88 Å². The van der Waals surface area contributed by atoms with E-state index in [1.54, 1.807) is 15.4 Å². The molecule has 4 heterocycles. The number of aliphatic hydroxyl groups is 2. The zero-order valence-corrected chi connectivity index (χ0v) is 17.2. The van der Waals surface area contributed by atoms with Crippen molar-refractivity contribution in [2.45, 2.75) is 31.1 Å². The molecule has 2 unspecified atom stereocenters. The van der Waals surface area contributed by atoms with Crippen LogP contribution in [0.5, 0.6) is 5.88 Å². The maximum atomic E-state index is 10.7. The number of imidazole rings is 1. The normalized spacial score (nSPS) is 23.2. The fourth-order valence-corrected chi connectivity index (χ4v) is 3.86. The van der Waals surface area contributed by atoms with Crippen LogP contribution in [0.25, 0.3) is 22.3 Å². The molecule has 1 aliphatic heterocycles. The summed E-state index contributed by atoms with van der Waals surface area (Å²) in [7, 11) is 1.87. The number of benzene rings is 1. The minimum absolute atomic E-state index is 0.211. The van der Waals surface area contributed by atoms with Crippen molar-refractivity contribution in [3.05, 3.63) is 54.9 Å². The molecule has 1 aromatic carbocycles. The van der Waals surface area contributed by atoms with Crippen LogP contribution in [0.4, 0.5) is 0 Å². The van der Waals surface area contributed by atoms with E-state index in [4.69, 9.17) is 9.47 Å². The molecule has 1 fully saturated rings. The molecule has 166 valence electrons. The predicted molar refractivity (Wildman–Crippen MR) is 111 cm³/mol. The standard InChI is InChI=1S/C21H22N6O5/c1-26-7-14(6-25-26)13-4-2-12(3-5-13)9-31-18-17(29)15(8-28)32-21(18)27-11-24-16-19(27)22-10-23-20(16)30/h2-7,10-11,15,17-18,21,28-29H,8-9H2,1H3,(H,22,23,30)/t15-,17?,18?,21-/m1/s1. The lowest BCUT2D eigenvalue weighted by molar-refractivity contribution is -0.0761. The molecule has 0 bridgehead atoms. The highest BCUT2D eigenvalue weighted by atomic mass is 16.6. The van der Waals surface area contributed by atoms with Crippen LogP contribution in [0, 0.1) is 0 Å². The minimum Gasteiger partial charge on any atom is -0.492 e. The van der Waals surface area contributed by atoms with E-state index in [1.165, 1.54) is 12.7 Å². The van der Waals surface area contributed by atoms with E-state index in [-0.39, 0.29) is 24.6 Å². The van der Waals surface area contributed by atoms with Gasteiger partial charge in [-0.15, -0.1) is 0 Å². The predicted octanol–water partition coefficient (Wildman–Crippen LogP) is 0.768. The monoisotopic (exact) mass is 438 g/mol. The van der Waals surface area contributed by atoms with Gasteiger partial charge in [0.25, 0.3) is 0 Å². The lowest BCUT2D eigenvalue weighted by Crippen LogP contribution is -2.35. The number of rotatable bonds is 6. The Bertz CT molecular complexity index is 1220. The Morgan fingerprint density at radius 2 is 1.94 bits per heavy atom. The van der Waals surface area contributed by atoms with Gasteiger partial charge in [0, 0.05) is 18.8 Å². The molecule has 0 saturated carbocycles. The Morgan fingerprint density at radius 3 is 2.66 bits per heavy atom. The van der Waals surface area contributed by atoms with E-state index in [0.717, 1.165) is 16.7 Å². The summed E-state index contributed by atoms with van der Waals surface area (Å²) < 4.78 is 15.2. The Labute approximate surface area is 182 Å². The van der Waals surface area contributed by atoms with E-state index < -0.39 is 24.5 Å². The molecule has 0 spiro atoms. The smallest absolute Gasteiger partial charge is 0.242 e. The molecule has 4 aromatic rings. The van der Waals surface area contributed by atoms with Crippen LogP contribution >= 0.6 is 0 Å². The van der Waals surface area contributed by atoms with Gasteiger partial charge < -0.3 is 24.8 Å². The van der Waals surface area contributed by atoms with Gasteiger partial charge in [-0.1, -0.05) is 24.3 Å². The first-order valence-electron chi connectivity index (χ1n) is 10.1. The van der Waals surface area contributed by atoms with Crippen LogP contribution < -0.4 is 0 Å². The van der Waals surface area contributed by atoms with Gasteiger partial charge in [0.15, 0.2) is 17.4 Å². The molecule has 5 rings (SSSR count). The summed E-state index contributed by atoms with van der Waals surface area (Å²) in [5.74, 6) is -0.253. The van der Waals surface area contributed by atoms with Crippen molar-refractivity contribution in [2.24, 2.45) is 7.05 Å². The molecule has 0 amide bonds. The largest absolute Gasteiger partial charge is 0.492 e. The molecule has 1 saturated heterocycles. The van der Waals surface area contributed by atoms with Crippen LogP contribution in [-0.4, -0.2) is 69.5 Å². The summed E-state index contributed by atoms with van der Waals surface area (Å²) in [6.45, 7) is -0.149. The summed E-state index contributed by atoms with van der Waals surface area (Å²) in [6.07, 6.45) is 2.91. The number of fused-ring (bicyclic) bond motifs is 1. The fourth-order valence-electron chi connectivity index (χ4n) is 3.86. The first-order valence-corrected chi connectivity index (χ1v) is 10.1. The number of hydrogen-bond acceptors (Lipinski definition) is 9. The molecule has 3 aromatic heterocycles. The maximum absolute atomic E-state index is 10.7. The quantitative estimate of drug-likeness (QED) is 0.398. The average molecular weight is 438 g/mol. The Morgan fingerprint density at radius 1 is 1.12 bits per heavy atom. The zero-order chi connectivity index (χ0) is 22.2.